The highest BCUT2D eigenvalue weighted by molar-refractivity contribution is 6.32. The van der Waals surface area contributed by atoms with Gasteiger partial charge in [-0.05, 0) is 54.8 Å². The molecule has 0 spiro atoms. The first kappa shape index (κ1) is 20.7. The molecular weight excluding hydrogens is 376 g/mol. The molecule has 144 valence electrons. The molecule has 0 saturated heterocycles. The molecule has 4 nitrogen and oxygen atoms in total. The summed E-state index contributed by atoms with van der Waals surface area (Å²) in [5, 5.41) is 3.03. The molecule has 0 aromatic heterocycles. The molecule has 0 bridgehead atoms. The van der Waals surface area contributed by atoms with Gasteiger partial charge in [0, 0.05) is 18.7 Å². The van der Waals surface area contributed by atoms with E-state index in [1.807, 2.05) is 6.92 Å². The van der Waals surface area contributed by atoms with Crippen molar-refractivity contribution in [3.8, 4) is 11.5 Å². The number of ether oxygens (including phenoxy) is 2. The van der Waals surface area contributed by atoms with Gasteiger partial charge in [0.25, 0.3) is 0 Å². The van der Waals surface area contributed by atoms with Crippen molar-refractivity contribution in [1.29, 1.82) is 0 Å². The van der Waals surface area contributed by atoms with Crippen LogP contribution in [0.2, 0.25) is 5.02 Å². The van der Waals surface area contributed by atoms with E-state index in [0.29, 0.717) is 40.7 Å². The maximum atomic E-state index is 13.1. The molecule has 27 heavy (non-hydrogen) atoms. The summed E-state index contributed by atoms with van der Waals surface area (Å²) in [6, 6.07) is 6.65. The fourth-order valence-corrected chi connectivity index (χ4v) is 2.76. The van der Waals surface area contributed by atoms with Crippen LogP contribution >= 0.6 is 11.6 Å². The van der Waals surface area contributed by atoms with E-state index in [-0.39, 0.29) is 12.5 Å². The zero-order valence-corrected chi connectivity index (χ0v) is 15.8. The number of carbonyl (C=O) groups is 1. The number of hydrogen-bond donors (Lipinski definition) is 1. The molecule has 7 heteroatoms. The molecule has 2 aromatic carbocycles. The third-order valence-electron chi connectivity index (χ3n) is 3.60. The van der Waals surface area contributed by atoms with Gasteiger partial charge in [0.2, 0.25) is 5.91 Å². The summed E-state index contributed by atoms with van der Waals surface area (Å²) >= 11 is 6.16. The van der Waals surface area contributed by atoms with Gasteiger partial charge in [-0.3, -0.25) is 4.79 Å². The summed E-state index contributed by atoms with van der Waals surface area (Å²) in [5.41, 5.74) is 1.15. The van der Waals surface area contributed by atoms with E-state index < -0.39 is 11.6 Å². The highest BCUT2D eigenvalue weighted by atomic mass is 35.5. The highest BCUT2D eigenvalue weighted by Gasteiger charge is 2.10. The smallest absolute Gasteiger partial charge is 0.244 e. The lowest BCUT2D eigenvalue weighted by molar-refractivity contribution is -0.116. The van der Waals surface area contributed by atoms with Gasteiger partial charge < -0.3 is 14.8 Å². The second kappa shape index (κ2) is 9.92. The van der Waals surface area contributed by atoms with Gasteiger partial charge in [0.1, 0.15) is 11.6 Å². The first-order valence-electron chi connectivity index (χ1n) is 8.34. The van der Waals surface area contributed by atoms with Crippen LogP contribution in [0, 0.1) is 11.6 Å². The van der Waals surface area contributed by atoms with Crippen LogP contribution in [0.3, 0.4) is 0 Å². The first-order chi connectivity index (χ1) is 12.9. The van der Waals surface area contributed by atoms with Crippen molar-refractivity contribution in [3.63, 3.8) is 0 Å². The maximum Gasteiger partial charge on any atom is 0.244 e. The van der Waals surface area contributed by atoms with Crippen molar-refractivity contribution < 1.29 is 23.0 Å². The van der Waals surface area contributed by atoms with Crippen molar-refractivity contribution in [2.24, 2.45) is 0 Å². The van der Waals surface area contributed by atoms with Gasteiger partial charge >= 0.3 is 0 Å². The van der Waals surface area contributed by atoms with Crippen LogP contribution < -0.4 is 14.8 Å². The highest BCUT2D eigenvalue weighted by Crippen LogP contribution is 2.36. The minimum atomic E-state index is -0.641. The molecule has 0 heterocycles. The number of carbonyl (C=O) groups excluding carboxylic acids is 1. The molecule has 0 atom stereocenters. The molecule has 0 aliphatic heterocycles. The molecule has 0 saturated carbocycles. The number of halogens is 3. The number of methoxy groups -OCH3 is 1. The molecule has 1 amide bonds. The largest absolute Gasteiger partial charge is 0.491 e. The summed E-state index contributed by atoms with van der Waals surface area (Å²) < 4.78 is 36.9. The fraction of sp³-hybridized carbons (Fsp3) is 0.250. The fourth-order valence-electron chi connectivity index (χ4n) is 2.46. The Morgan fingerprint density at radius 2 is 1.89 bits per heavy atom. The van der Waals surface area contributed by atoms with Crippen LogP contribution in [-0.2, 0) is 11.2 Å². The first-order valence-corrected chi connectivity index (χ1v) is 8.72. The van der Waals surface area contributed by atoms with Crippen LogP contribution in [0.4, 0.5) is 8.78 Å². The van der Waals surface area contributed by atoms with Crippen molar-refractivity contribution in [1.82, 2.24) is 5.32 Å². The van der Waals surface area contributed by atoms with Crippen LogP contribution in [0.25, 0.3) is 6.08 Å². The number of amides is 1. The Morgan fingerprint density at radius 3 is 2.52 bits per heavy atom. The second-order valence-corrected chi connectivity index (χ2v) is 6.03. The Kier molecular flexibility index (Phi) is 7.61. The quantitative estimate of drug-likeness (QED) is 0.674. The lowest BCUT2D eigenvalue weighted by atomic mass is 10.1. The molecular formula is C20H20ClF2NO3. The topological polar surface area (TPSA) is 47.6 Å². The molecule has 2 rings (SSSR count). The number of nitrogens with one attached hydrogen (secondary N) is 1. The summed E-state index contributed by atoms with van der Waals surface area (Å²) in [6.07, 6.45) is 3.25. The molecule has 0 unspecified atom stereocenters. The van der Waals surface area contributed by atoms with Gasteiger partial charge in [-0.25, -0.2) is 8.78 Å². The van der Waals surface area contributed by atoms with Gasteiger partial charge in [-0.2, -0.15) is 0 Å². The maximum absolute atomic E-state index is 13.1. The third-order valence-corrected chi connectivity index (χ3v) is 3.88. The number of hydrogen-bond acceptors (Lipinski definition) is 3. The normalized spacial score (nSPS) is 10.9. The minimum absolute atomic E-state index is 0.250. The summed E-state index contributed by atoms with van der Waals surface area (Å²) in [4.78, 5) is 11.9. The average molecular weight is 396 g/mol. The lowest BCUT2D eigenvalue weighted by Crippen LogP contribution is -2.23. The zero-order valence-electron chi connectivity index (χ0n) is 15.0. The SMILES string of the molecule is CCOc1cc(/C=C/C(=O)NCCc2cc(F)cc(F)c2)cc(Cl)c1OC. The van der Waals surface area contributed by atoms with E-state index in [2.05, 4.69) is 5.32 Å². The van der Waals surface area contributed by atoms with E-state index in [4.69, 9.17) is 21.1 Å². The monoisotopic (exact) mass is 395 g/mol. The van der Waals surface area contributed by atoms with Crippen LogP contribution in [0.5, 0.6) is 11.5 Å². The summed E-state index contributed by atoms with van der Waals surface area (Å²) in [6.45, 7) is 2.54. The van der Waals surface area contributed by atoms with E-state index in [0.717, 1.165) is 6.07 Å². The molecule has 0 aliphatic rings. The van der Waals surface area contributed by atoms with Crippen molar-refractivity contribution in [2.75, 3.05) is 20.3 Å². The predicted octanol–water partition coefficient (Wildman–Crippen LogP) is 4.40. The van der Waals surface area contributed by atoms with E-state index >= 15 is 0 Å². The van der Waals surface area contributed by atoms with Gasteiger partial charge in [0.05, 0.1) is 18.7 Å². The lowest BCUT2D eigenvalue weighted by Gasteiger charge is -2.11. The summed E-state index contributed by atoms with van der Waals surface area (Å²) in [5.74, 6) is -0.699. The Balaban J connectivity index is 1.95. The zero-order chi connectivity index (χ0) is 19.8. The standard InChI is InChI=1S/C20H20ClF2NO3/c1-3-27-18-11-13(10-17(21)20(18)26-2)4-5-19(25)24-7-6-14-8-15(22)12-16(23)9-14/h4-5,8-12H,3,6-7H2,1-2H3,(H,24,25)/b5-4+. The Morgan fingerprint density at radius 1 is 1.19 bits per heavy atom. The summed E-state index contributed by atoms with van der Waals surface area (Å²) in [7, 11) is 1.50. The minimum Gasteiger partial charge on any atom is -0.491 e. The van der Waals surface area contributed by atoms with Crippen molar-refractivity contribution in [2.45, 2.75) is 13.3 Å². The van der Waals surface area contributed by atoms with E-state index in [1.165, 1.54) is 25.3 Å². The Bertz CT molecular complexity index is 820. The van der Waals surface area contributed by atoms with E-state index in [1.54, 1.807) is 18.2 Å². The van der Waals surface area contributed by atoms with Crippen LogP contribution in [0.1, 0.15) is 18.1 Å². The number of rotatable bonds is 8. The van der Waals surface area contributed by atoms with Crippen LogP contribution in [-0.4, -0.2) is 26.2 Å². The van der Waals surface area contributed by atoms with Gasteiger partial charge in [-0.1, -0.05) is 11.6 Å². The Labute approximate surface area is 161 Å². The van der Waals surface area contributed by atoms with Crippen molar-refractivity contribution >= 4 is 23.6 Å². The third kappa shape index (κ3) is 6.25. The molecule has 0 fully saturated rings. The van der Waals surface area contributed by atoms with Gasteiger partial charge in [0.15, 0.2) is 11.5 Å². The predicted molar refractivity (Wildman–Crippen MR) is 101 cm³/mol. The second-order valence-electron chi connectivity index (χ2n) is 5.62. The van der Waals surface area contributed by atoms with Crippen LogP contribution in [0.15, 0.2) is 36.4 Å². The average Bonchev–Trinajstić information content (AvgIpc) is 2.59. The van der Waals surface area contributed by atoms with E-state index in [9.17, 15) is 13.6 Å². The molecule has 0 aliphatic carbocycles. The molecule has 2 aromatic rings. The van der Waals surface area contributed by atoms with Gasteiger partial charge in [-0.15, -0.1) is 0 Å². The molecule has 0 radical (unpaired) electrons. The number of benzene rings is 2. The Hall–Kier alpha value is -2.60. The van der Waals surface area contributed by atoms with Crippen molar-refractivity contribution in [3.05, 3.63) is 64.2 Å². The molecule has 1 N–H and O–H groups in total.